The smallest absolute Gasteiger partial charge is 0.252 e. The van der Waals surface area contributed by atoms with E-state index in [2.05, 4.69) is 10.3 Å². The largest absolute Gasteiger partial charge is 0.493 e. The van der Waals surface area contributed by atoms with Gasteiger partial charge in [0.25, 0.3) is 5.91 Å². The average Bonchev–Trinajstić information content (AvgIpc) is 3.28. The first-order chi connectivity index (χ1) is 13.8. The number of fused-ring (bicyclic) bond motifs is 2. The molecule has 2 aromatic heterocycles. The van der Waals surface area contributed by atoms with Crippen LogP contribution in [0.3, 0.4) is 0 Å². The number of para-hydroxylation sites is 2. The van der Waals surface area contributed by atoms with E-state index in [1.807, 2.05) is 60.7 Å². The van der Waals surface area contributed by atoms with Crippen LogP contribution in [0.5, 0.6) is 5.75 Å². The summed E-state index contributed by atoms with van der Waals surface area (Å²) in [5, 5.41) is 3.99. The number of ether oxygens (including phenoxy) is 1. The summed E-state index contributed by atoms with van der Waals surface area (Å²) >= 11 is 0. The lowest BCUT2D eigenvalue weighted by Gasteiger charge is -2.26. The van der Waals surface area contributed by atoms with Crippen LogP contribution in [0.15, 0.2) is 77.4 Å². The molecule has 5 nitrogen and oxygen atoms in total. The molecule has 138 valence electrons. The summed E-state index contributed by atoms with van der Waals surface area (Å²) in [6, 6.07) is 20.8. The molecule has 1 aliphatic rings. The lowest BCUT2D eigenvalue weighted by Crippen LogP contribution is -2.32. The summed E-state index contributed by atoms with van der Waals surface area (Å²) in [5.74, 6) is 1.33. The molecule has 0 aliphatic carbocycles. The molecular weight excluding hydrogens is 352 g/mol. The first-order valence-corrected chi connectivity index (χ1v) is 9.26. The highest BCUT2D eigenvalue weighted by Gasteiger charge is 2.24. The lowest BCUT2D eigenvalue weighted by atomic mass is 9.99. The van der Waals surface area contributed by atoms with Crippen molar-refractivity contribution in [2.75, 3.05) is 6.61 Å². The second-order valence-corrected chi connectivity index (χ2v) is 6.75. The Labute approximate surface area is 162 Å². The number of aromatic nitrogens is 1. The maximum Gasteiger partial charge on any atom is 0.252 e. The molecule has 0 spiro atoms. The zero-order valence-electron chi connectivity index (χ0n) is 15.1. The van der Waals surface area contributed by atoms with Crippen LogP contribution in [0.2, 0.25) is 0 Å². The van der Waals surface area contributed by atoms with Crippen molar-refractivity contribution in [3.63, 3.8) is 0 Å². The molecule has 0 unspecified atom stereocenters. The number of hydrogen-bond donors (Lipinski definition) is 1. The maximum absolute atomic E-state index is 13.2. The number of benzene rings is 2. The molecule has 1 amide bonds. The van der Waals surface area contributed by atoms with Gasteiger partial charge in [-0.3, -0.25) is 4.79 Å². The molecule has 1 aliphatic heterocycles. The van der Waals surface area contributed by atoms with E-state index in [9.17, 15) is 4.79 Å². The van der Waals surface area contributed by atoms with E-state index in [4.69, 9.17) is 9.15 Å². The molecule has 5 rings (SSSR count). The highest BCUT2D eigenvalue weighted by Crippen LogP contribution is 2.32. The third-order valence-electron chi connectivity index (χ3n) is 5.00. The van der Waals surface area contributed by atoms with Crippen LogP contribution in [0.1, 0.15) is 28.4 Å². The van der Waals surface area contributed by atoms with Crippen LogP contribution in [0.4, 0.5) is 0 Å². The summed E-state index contributed by atoms with van der Waals surface area (Å²) < 4.78 is 11.2. The number of carbonyl (C=O) groups excluding carboxylic acids is 1. The summed E-state index contributed by atoms with van der Waals surface area (Å²) in [5.41, 5.74) is 2.99. The first kappa shape index (κ1) is 16.6. The molecule has 4 aromatic rings. The van der Waals surface area contributed by atoms with Crippen molar-refractivity contribution in [2.45, 2.75) is 12.5 Å². The van der Waals surface area contributed by atoms with Crippen molar-refractivity contribution in [1.29, 1.82) is 0 Å². The minimum absolute atomic E-state index is 0.0866. The standard InChI is InChI=1S/C23H18N2O3/c26-23(25-19-11-13-28-21-9-4-2-7-16(19)21)17-14-20(22-10-5-12-27-22)24-18-8-3-1-6-15(17)18/h1-10,12,14,19H,11,13H2,(H,25,26)/t19-/m0/s1. The number of rotatable bonds is 3. The Morgan fingerprint density at radius 2 is 1.89 bits per heavy atom. The first-order valence-electron chi connectivity index (χ1n) is 9.26. The summed E-state index contributed by atoms with van der Waals surface area (Å²) in [6.45, 7) is 0.580. The highest BCUT2D eigenvalue weighted by molar-refractivity contribution is 6.07. The predicted octanol–water partition coefficient (Wildman–Crippen LogP) is 4.75. The normalized spacial score (nSPS) is 15.6. The second-order valence-electron chi connectivity index (χ2n) is 6.75. The van der Waals surface area contributed by atoms with Gasteiger partial charge in [0.2, 0.25) is 0 Å². The fraction of sp³-hybridized carbons (Fsp3) is 0.130. The van der Waals surface area contributed by atoms with Gasteiger partial charge in [-0.1, -0.05) is 36.4 Å². The lowest BCUT2D eigenvalue weighted by molar-refractivity contribution is 0.0926. The SMILES string of the molecule is O=C(N[C@H]1CCOc2ccccc21)c1cc(-c2ccco2)nc2ccccc12. The monoisotopic (exact) mass is 370 g/mol. The Morgan fingerprint density at radius 1 is 1.04 bits per heavy atom. The van der Waals surface area contributed by atoms with Crippen LogP contribution >= 0.6 is 0 Å². The topological polar surface area (TPSA) is 64.4 Å². The number of amides is 1. The van der Waals surface area contributed by atoms with E-state index >= 15 is 0 Å². The van der Waals surface area contributed by atoms with E-state index in [1.165, 1.54) is 0 Å². The third kappa shape index (κ3) is 2.91. The van der Waals surface area contributed by atoms with Crippen molar-refractivity contribution < 1.29 is 13.9 Å². The van der Waals surface area contributed by atoms with Crippen molar-refractivity contribution in [1.82, 2.24) is 10.3 Å². The molecule has 0 saturated heterocycles. The number of pyridine rings is 1. The number of carbonyl (C=O) groups is 1. The van der Waals surface area contributed by atoms with E-state index < -0.39 is 0 Å². The van der Waals surface area contributed by atoms with Crippen LogP contribution < -0.4 is 10.1 Å². The molecule has 1 N–H and O–H groups in total. The van der Waals surface area contributed by atoms with Gasteiger partial charge in [-0.05, 0) is 30.3 Å². The molecule has 28 heavy (non-hydrogen) atoms. The minimum Gasteiger partial charge on any atom is -0.493 e. The van der Waals surface area contributed by atoms with E-state index in [1.54, 1.807) is 12.3 Å². The van der Waals surface area contributed by atoms with Gasteiger partial charge in [-0.2, -0.15) is 0 Å². The zero-order chi connectivity index (χ0) is 18.9. The van der Waals surface area contributed by atoms with Gasteiger partial charge in [0.05, 0.1) is 30.0 Å². The second kappa shape index (κ2) is 6.85. The summed E-state index contributed by atoms with van der Waals surface area (Å²) in [6.07, 6.45) is 2.34. The van der Waals surface area contributed by atoms with Gasteiger partial charge in [-0.15, -0.1) is 0 Å². The van der Waals surface area contributed by atoms with Crippen molar-refractivity contribution in [3.8, 4) is 17.2 Å². The number of nitrogens with zero attached hydrogens (tertiary/aromatic N) is 1. The molecule has 1 atom stereocenters. The van der Waals surface area contributed by atoms with Gasteiger partial charge in [0.15, 0.2) is 5.76 Å². The van der Waals surface area contributed by atoms with Crippen molar-refractivity contribution in [3.05, 3.63) is 84.1 Å². The van der Waals surface area contributed by atoms with Gasteiger partial charge in [0, 0.05) is 17.4 Å². The van der Waals surface area contributed by atoms with E-state index in [-0.39, 0.29) is 11.9 Å². The quantitative estimate of drug-likeness (QED) is 0.565. The van der Waals surface area contributed by atoms with Crippen LogP contribution in [0, 0.1) is 0 Å². The number of nitrogens with one attached hydrogen (secondary N) is 1. The fourth-order valence-corrected chi connectivity index (χ4v) is 3.64. The van der Waals surface area contributed by atoms with Gasteiger partial charge in [-0.25, -0.2) is 4.98 Å². The fourth-order valence-electron chi connectivity index (χ4n) is 3.64. The Balaban J connectivity index is 1.55. The Kier molecular flexibility index (Phi) is 4.05. The summed E-state index contributed by atoms with van der Waals surface area (Å²) in [7, 11) is 0. The Bertz CT molecular complexity index is 1150. The van der Waals surface area contributed by atoms with E-state index in [0.29, 0.717) is 23.6 Å². The molecule has 3 heterocycles. The molecule has 0 fully saturated rings. The van der Waals surface area contributed by atoms with E-state index in [0.717, 1.165) is 28.6 Å². The molecule has 0 radical (unpaired) electrons. The maximum atomic E-state index is 13.2. The predicted molar refractivity (Wildman–Crippen MR) is 106 cm³/mol. The average molecular weight is 370 g/mol. The molecular formula is C23H18N2O3. The molecule has 2 aromatic carbocycles. The molecule has 5 heteroatoms. The Hall–Kier alpha value is -3.60. The minimum atomic E-state index is -0.131. The number of hydrogen-bond acceptors (Lipinski definition) is 4. The van der Waals surface area contributed by atoms with Gasteiger partial charge < -0.3 is 14.5 Å². The third-order valence-corrected chi connectivity index (χ3v) is 5.00. The van der Waals surface area contributed by atoms with Gasteiger partial charge >= 0.3 is 0 Å². The van der Waals surface area contributed by atoms with Crippen molar-refractivity contribution >= 4 is 16.8 Å². The highest BCUT2D eigenvalue weighted by atomic mass is 16.5. The van der Waals surface area contributed by atoms with Crippen LogP contribution in [-0.2, 0) is 0 Å². The number of furan rings is 1. The summed E-state index contributed by atoms with van der Waals surface area (Å²) in [4.78, 5) is 17.9. The Morgan fingerprint density at radius 3 is 2.79 bits per heavy atom. The van der Waals surface area contributed by atoms with Crippen molar-refractivity contribution in [2.24, 2.45) is 0 Å². The molecule has 0 bridgehead atoms. The molecule has 0 saturated carbocycles. The van der Waals surface area contributed by atoms with Crippen LogP contribution in [-0.4, -0.2) is 17.5 Å². The van der Waals surface area contributed by atoms with Crippen LogP contribution in [0.25, 0.3) is 22.4 Å². The zero-order valence-corrected chi connectivity index (χ0v) is 15.1. The van der Waals surface area contributed by atoms with Gasteiger partial charge in [0.1, 0.15) is 11.4 Å².